The number of halogens is 1. The minimum absolute atomic E-state index is 0. The van der Waals surface area contributed by atoms with E-state index in [1.807, 2.05) is 13.8 Å². The van der Waals surface area contributed by atoms with Crippen molar-refractivity contribution in [1.29, 1.82) is 0 Å². The van der Waals surface area contributed by atoms with E-state index in [0.717, 1.165) is 12.8 Å². The zero-order valence-electron chi connectivity index (χ0n) is 10.3. The van der Waals surface area contributed by atoms with Crippen molar-refractivity contribution < 1.29 is 21.9 Å². The minimum Gasteiger partial charge on any atom is -0.344 e. The molecule has 0 spiro atoms. The molecule has 0 radical (unpaired) electrons. The molecule has 0 saturated heterocycles. The van der Waals surface area contributed by atoms with E-state index in [-0.39, 0.29) is 29.3 Å². The molecule has 6 nitrogen and oxygen atoms in total. The maximum absolute atomic E-state index is 12.1. The first-order valence-corrected chi connectivity index (χ1v) is 7.70. The van der Waals surface area contributed by atoms with E-state index in [0.29, 0.717) is 0 Å². The van der Waals surface area contributed by atoms with Crippen molar-refractivity contribution in [2.75, 3.05) is 6.61 Å². The van der Waals surface area contributed by atoms with Crippen LogP contribution in [0.4, 0.5) is 0 Å². The van der Waals surface area contributed by atoms with Crippen molar-refractivity contribution in [2.24, 2.45) is 16.7 Å². The van der Waals surface area contributed by atoms with Crippen LogP contribution in [-0.4, -0.2) is 30.2 Å². The Labute approximate surface area is 115 Å². The molecule has 4 N–H and O–H groups in total. The fraction of sp³-hybridized carbons (Fsp3) is 0.900. The lowest BCUT2D eigenvalue weighted by atomic mass is 9.69. The van der Waals surface area contributed by atoms with Crippen LogP contribution in [0.5, 0.6) is 0 Å². The SMILES string of the molecule is CC12CCC(C(Br)C1=O)C2(C)COS(=O)(=O)O.N. The maximum atomic E-state index is 12.1. The number of carbonyl (C=O) groups excluding carboxylic acids is 1. The van der Waals surface area contributed by atoms with Gasteiger partial charge in [-0.1, -0.05) is 29.8 Å². The van der Waals surface area contributed by atoms with Crippen LogP contribution < -0.4 is 6.15 Å². The highest BCUT2D eigenvalue weighted by atomic mass is 79.9. The second-order valence-corrected chi connectivity index (χ2v) is 7.43. The first-order chi connectivity index (χ1) is 7.62. The van der Waals surface area contributed by atoms with Crippen molar-refractivity contribution in [2.45, 2.75) is 31.5 Å². The molecular formula is C10H18BrNO5S. The lowest BCUT2D eigenvalue weighted by molar-refractivity contribution is -0.128. The fourth-order valence-corrected chi connectivity index (χ4v) is 5.03. The highest BCUT2D eigenvalue weighted by Gasteiger charge is 2.68. The summed E-state index contributed by atoms with van der Waals surface area (Å²) in [6, 6.07) is 0. The number of ketones is 1. The van der Waals surface area contributed by atoms with Crippen LogP contribution >= 0.6 is 15.9 Å². The molecule has 0 aliphatic heterocycles. The number of Topliss-reactive ketones (excluding diaryl/α,β-unsaturated/α-hetero) is 1. The summed E-state index contributed by atoms with van der Waals surface area (Å²) in [4.78, 5) is 11.9. The molecule has 8 heteroatoms. The Balaban J connectivity index is 0.00000162. The van der Waals surface area contributed by atoms with Gasteiger partial charge in [0.2, 0.25) is 0 Å². The molecule has 2 fully saturated rings. The Morgan fingerprint density at radius 3 is 2.44 bits per heavy atom. The second kappa shape index (κ2) is 4.52. The summed E-state index contributed by atoms with van der Waals surface area (Å²) >= 11 is 3.37. The number of fused-ring (bicyclic) bond motifs is 2. The molecule has 2 bridgehead atoms. The van der Waals surface area contributed by atoms with E-state index in [9.17, 15) is 13.2 Å². The van der Waals surface area contributed by atoms with Crippen molar-refractivity contribution in [3.63, 3.8) is 0 Å². The molecule has 4 atom stereocenters. The van der Waals surface area contributed by atoms with Crippen molar-refractivity contribution >= 4 is 32.1 Å². The number of rotatable bonds is 3. The van der Waals surface area contributed by atoms with Gasteiger partial charge in [0.1, 0.15) is 0 Å². The molecule has 18 heavy (non-hydrogen) atoms. The number of carbonyl (C=O) groups is 1. The highest BCUT2D eigenvalue weighted by Crippen LogP contribution is 2.65. The summed E-state index contributed by atoms with van der Waals surface area (Å²) in [6.45, 7) is 3.56. The standard InChI is InChI=1S/C10H15BrO5S.H3N/c1-9-4-3-6(7(11)8(9)12)10(9,2)5-16-17(13,14)15;/h6-7H,3-5H2,1-2H3,(H,13,14,15);1H3. The van der Waals surface area contributed by atoms with E-state index in [1.165, 1.54) is 0 Å². The molecule has 4 unspecified atom stereocenters. The third-order valence-electron chi connectivity index (χ3n) is 4.69. The highest BCUT2D eigenvalue weighted by molar-refractivity contribution is 9.10. The van der Waals surface area contributed by atoms with Crippen molar-refractivity contribution in [1.82, 2.24) is 6.15 Å². The van der Waals surface area contributed by atoms with Crippen molar-refractivity contribution in [3.05, 3.63) is 0 Å². The number of alkyl halides is 1. The van der Waals surface area contributed by atoms with Gasteiger partial charge >= 0.3 is 10.4 Å². The van der Waals surface area contributed by atoms with Gasteiger partial charge in [0.25, 0.3) is 0 Å². The van der Waals surface area contributed by atoms with Gasteiger partial charge in [0.05, 0.1) is 11.4 Å². The van der Waals surface area contributed by atoms with Crippen molar-refractivity contribution in [3.8, 4) is 0 Å². The number of hydrogen-bond acceptors (Lipinski definition) is 5. The van der Waals surface area contributed by atoms with Crippen LogP contribution in [0.3, 0.4) is 0 Å². The van der Waals surface area contributed by atoms with Gasteiger partial charge in [0, 0.05) is 10.8 Å². The molecule has 0 amide bonds. The summed E-state index contributed by atoms with van der Waals surface area (Å²) in [5, 5.41) is 0. The van der Waals surface area contributed by atoms with E-state index in [2.05, 4.69) is 20.1 Å². The summed E-state index contributed by atoms with van der Waals surface area (Å²) in [5.74, 6) is 0.164. The molecule has 0 heterocycles. The smallest absolute Gasteiger partial charge is 0.344 e. The van der Waals surface area contributed by atoms with Gasteiger partial charge < -0.3 is 6.15 Å². The average Bonchev–Trinajstić information content (AvgIpc) is 2.53. The number of hydrogen-bond donors (Lipinski definition) is 2. The molecule has 2 rings (SSSR count). The van der Waals surface area contributed by atoms with Gasteiger partial charge in [0.15, 0.2) is 5.78 Å². The average molecular weight is 344 g/mol. The van der Waals surface area contributed by atoms with E-state index >= 15 is 0 Å². The monoisotopic (exact) mass is 343 g/mol. The topological polar surface area (TPSA) is 116 Å². The second-order valence-electron chi connectivity index (χ2n) is 5.35. The molecule has 2 aliphatic carbocycles. The van der Waals surface area contributed by atoms with E-state index < -0.39 is 21.2 Å². The molecular weight excluding hydrogens is 326 g/mol. The Bertz CT molecular complexity index is 467. The van der Waals surface area contributed by atoms with Gasteiger partial charge in [-0.2, -0.15) is 8.42 Å². The summed E-state index contributed by atoms with van der Waals surface area (Å²) in [5.41, 5.74) is -1.12. The lowest BCUT2D eigenvalue weighted by Crippen LogP contribution is -2.39. The molecule has 0 aromatic carbocycles. The van der Waals surface area contributed by atoms with Gasteiger partial charge in [-0.05, 0) is 18.8 Å². The van der Waals surface area contributed by atoms with Crippen LogP contribution in [0.15, 0.2) is 0 Å². The Kier molecular flexibility index (Phi) is 4.02. The minimum atomic E-state index is -4.46. The Morgan fingerprint density at radius 2 is 2.06 bits per heavy atom. The first kappa shape index (κ1) is 16.0. The summed E-state index contributed by atoms with van der Waals surface area (Å²) in [6.07, 6.45) is 1.60. The fourth-order valence-electron chi connectivity index (χ4n) is 3.28. The lowest BCUT2D eigenvalue weighted by Gasteiger charge is -2.35. The summed E-state index contributed by atoms with van der Waals surface area (Å²) in [7, 11) is -4.46. The zero-order chi connectivity index (χ0) is 13.1. The molecule has 106 valence electrons. The maximum Gasteiger partial charge on any atom is 0.397 e. The quantitative estimate of drug-likeness (QED) is 0.595. The Hall–Kier alpha value is -0.0200. The third-order valence-corrected chi connectivity index (χ3v) is 6.16. The Morgan fingerprint density at radius 1 is 1.50 bits per heavy atom. The van der Waals surface area contributed by atoms with Crippen LogP contribution in [0.2, 0.25) is 0 Å². The van der Waals surface area contributed by atoms with Gasteiger partial charge in [-0.25, -0.2) is 4.18 Å². The normalized spacial score (nSPS) is 43.0. The predicted molar refractivity (Wildman–Crippen MR) is 69.2 cm³/mol. The van der Waals surface area contributed by atoms with Crippen LogP contribution in [0.1, 0.15) is 26.7 Å². The molecule has 0 aromatic rings. The molecule has 2 saturated carbocycles. The zero-order valence-corrected chi connectivity index (χ0v) is 12.8. The van der Waals surface area contributed by atoms with Gasteiger partial charge in [-0.15, -0.1) is 0 Å². The predicted octanol–water partition coefficient (Wildman–Crippen LogP) is 1.74. The van der Waals surface area contributed by atoms with Gasteiger partial charge in [-0.3, -0.25) is 9.35 Å². The van der Waals surface area contributed by atoms with Crippen LogP contribution in [0, 0.1) is 16.7 Å². The molecule has 0 aromatic heterocycles. The van der Waals surface area contributed by atoms with E-state index in [4.69, 9.17) is 4.55 Å². The largest absolute Gasteiger partial charge is 0.397 e. The van der Waals surface area contributed by atoms with Crippen LogP contribution in [0.25, 0.3) is 0 Å². The van der Waals surface area contributed by atoms with E-state index in [1.54, 1.807) is 0 Å². The first-order valence-electron chi connectivity index (χ1n) is 5.42. The van der Waals surface area contributed by atoms with Crippen LogP contribution in [-0.2, 0) is 19.4 Å². The summed E-state index contributed by atoms with van der Waals surface area (Å²) < 4.78 is 34.5. The third kappa shape index (κ3) is 2.03. The molecule has 2 aliphatic rings.